The molecule has 126 valence electrons. The van der Waals surface area contributed by atoms with Crippen LogP contribution in [0.4, 0.5) is 5.69 Å². The Kier molecular flexibility index (Phi) is 3.85. The molecule has 2 aromatic rings. The maximum absolute atomic E-state index is 12.5. The highest BCUT2D eigenvalue weighted by Crippen LogP contribution is 2.35. The van der Waals surface area contributed by atoms with Gasteiger partial charge >= 0.3 is 0 Å². The molecule has 0 bridgehead atoms. The molecule has 0 saturated carbocycles. The highest BCUT2D eigenvalue weighted by atomic mass is 35.5. The predicted molar refractivity (Wildman–Crippen MR) is 96.6 cm³/mol. The van der Waals surface area contributed by atoms with Crippen molar-refractivity contribution in [2.24, 2.45) is 0 Å². The number of carbonyl (C=O) groups is 1. The van der Waals surface area contributed by atoms with E-state index in [4.69, 9.17) is 11.6 Å². The van der Waals surface area contributed by atoms with Crippen LogP contribution in [0.1, 0.15) is 12.8 Å². The van der Waals surface area contributed by atoms with Crippen LogP contribution >= 0.6 is 11.6 Å². The molecule has 1 spiro atoms. The Balaban J connectivity index is 1.63. The van der Waals surface area contributed by atoms with E-state index in [1.165, 1.54) is 0 Å². The number of piperazine rings is 1. The van der Waals surface area contributed by atoms with Crippen LogP contribution in [-0.2, 0) is 4.79 Å². The van der Waals surface area contributed by atoms with E-state index in [-0.39, 0.29) is 11.4 Å². The molecular formula is C18H21ClN4O. The van der Waals surface area contributed by atoms with Gasteiger partial charge in [0.1, 0.15) is 5.54 Å². The van der Waals surface area contributed by atoms with Gasteiger partial charge in [-0.15, -0.1) is 0 Å². The van der Waals surface area contributed by atoms with Crippen molar-refractivity contribution in [3.05, 3.63) is 35.5 Å². The van der Waals surface area contributed by atoms with Gasteiger partial charge < -0.3 is 10.2 Å². The Morgan fingerprint density at radius 1 is 1.21 bits per heavy atom. The van der Waals surface area contributed by atoms with Crippen LogP contribution < -0.4 is 10.2 Å². The van der Waals surface area contributed by atoms with Crippen LogP contribution in [0.3, 0.4) is 0 Å². The monoisotopic (exact) mass is 344 g/mol. The van der Waals surface area contributed by atoms with Crippen LogP contribution in [-0.4, -0.2) is 54.6 Å². The number of carbonyl (C=O) groups excluding carboxylic acids is 1. The van der Waals surface area contributed by atoms with Crippen LogP contribution in [0.15, 0.2) is 30.5 Å². The van der Waals surface area contributed by atoms with E-state index in [0.717, 1.165) is 60.6 Å². The smallest absolute Gasteiger partial charge is 0.240 e. The molecule has 1 amide bonds. The normalized spacial score (nSPS) is 21.2. The molecule has 0 radical (unpaired) electrons. The first-order valence-electron chi connectivity index (χ1n) is 8.39. The van der Waals surface area contributed by atoms with Crippen LogP contribution in [0.25, 0.3) is 10.9 Å². The fourth-order valence-electron chi connectivity index (χ4n) is 4.00. The average molecular weight is 345 g/mol. The van der Waals surface area contributed by atoms with E-state index < -0.39 is 0 Å². The maximum atomic E-state index is 12.5. The second-order valence-electron chi connectivity index (χ2n) is 6.69. The number of nitrogens with zero attached hydrogens (tertiary/aromatic N) is 3. The molecule has 2 saturated heterocycles. The van der Waals surface area contributed by atoms with Crippen molar-refractivity contribution >= 4 is 34.1 Å². The number of hydrogen-bond acceptors (Lipinski definition) is 4. The van der Waals surface area contributed by atoms with E-state index in [9.17, 15) is 4.79 Å². The molecular weight excluding hydrogens is 324 g/mol. The summed E-state index contributed by atoms with van der Waals surface area (Å²) in [5, 5.41) is 4.83. The molecule has 0 atom stereocenters. The molecule has 0 unspecified atom stereocenters. The van der Waals surface area contributed by atoms with E-state index in [1.807, 2.05) is 30.5 Å². The number of benzene rings is 1. The number of hydrogen-bond donors (Lipinski definition) is 1. The minimum absolute atomic E-state index is 0.179. The number of likely N-dealkylation sites (N-methyl/N-ethyl adjacent to an activating group) is 1. The topological polar surface area (TPSA) is 48.5 Å². The lowest BCUT2D eigenvalue weighted by Crippen LogP contribution is -2.66. The molecule has 2 aliphatic rings. The molecule has 6 heteroatoms. The first kappa shape index (κ1) is 15.7. The van der Waals surface area contributed by atoms with Crippen molar-refractivity contribution in [1.82, 2.24) is 15.2 Å². The maximum Gasteiger partial charge on any atom is 0.240 e. The van der Waals surface area contributed by atoms with Crippen LogP contribution in [0.5, 0.6) is 0 Å². The number of nitrogens with one attached hydrogen (secondary N) is 1. The van der Waals surface area contributed by atoms with Crippen molar-refractivity contribution in [3.63, 3.8) is 0 Å². The minimum atomic E-state index is -0.352. The first-order valence-corrected chi connectivity index (χ1v) is 8.77. The van der Waals surface area contributed by atoms with Crippen molar-refractivity contribution in [2.75, 3.05) is 38.1 Å². The number of piperidine rings is 1. The Labute approximate surface area is 146 Å². The lowest BCUT2D eigenvalue weighted by molar-refractivity contribution is -0.137. The molecule has 1 aromatic heterocycles. The Morgan fingerprint density at radius 3 is 2.75 bits per heavy atom. The lowest BCUT2D eigenvalue weighted by Gasteiger charge is -2.49. The predicted octanol–water partition coefficient (Wildman–Crippen LogP) is 2.29. The highest BCUT2D eigenvalue weighted by molar-refractivity contribution is 6.31. The van der Waals surface area contributed by atoms with E-state index in [1.54, 1.807) is 0 Å². The third kappa shape index (κ3) is 2.43. The largest absolute Gasteiger partial charge is 0.371 e. The first-order chi connectivity index (χ1) is 11.6. The van der Waals surface area contributed by atoms with Crippen molar-refractivity contribution in [2.45, 2.75) is 18.4 Å². The third-order valence-corrected chi connectivity index (χ3v) is 5.73. The average Bonchev–Trinajstić information content (AvgIpc) is 2.60. The second-order valence-corrected chi connectivity index (χ2v) is 7.12. The molecule has 0 aliphatic carbocycles. The number of aromatic nitrogens is 1. The van der Waals surface area contributed by atoms with Gasteiger partial charge in [0.05, 0.1) is 5.52 Å². The summed E-state index contributed by atoms with van der Waals surface area (Å²) in [5.41, 5.74) is 1.75. The Hall–Kier alpha value is -1.85. The van der Waals surface area contributed by atoms with Gasteiger partial charge in [-0.25, -0.2) is 0 Å². The number of amides is 1. The summed E-state index contributed by atoms with van der Waals surface area (Å²) in [4.78, 5) is 21.5. The summed E-state index contributed by atoms with van der Waals surface area (Å²) in [6, 6.07) is 7.84. The van der Waals surface area contributed by atoms with E-state index in [2.05, 4.69) is 27.1 Å². The second kappa shape index (κ2) is 5.90. The van der Waals surface area contributed by atoms with Crippen molar-refractivity contribution in [1.29, 1.82) is 0 Å². The molecule has 5 nitrogen and oxygen atoms in total. The molecule has 24 heavy (non-hydrogen) atoms. The van der Waals surface area contributed by atoms with E-state index >= 15 is 0 Å². The van der Waals surface area contributed by atoms with Gasteiger partial charge in [-0.3, -0.25) is 14.7 Å². The summed E-state index contributed by atoms with van der Waals surface area (Å²) in [6.07, 6.45) is 3.51. The summed E-state index contributed by atoms with van der Waals surface area (Å²) in [5.74, 6) is 0.179. The van der Waals surface area contributed by atoms with Gasteiger partial charge in [0.15, 0.2) is 0 Å². The zero-order valence-electron chi connectivity index (χ0n) is 13.8. The Morgan fingerprint density at radius 2 is 2.00 bits per heavy atom. The van der Waals surface area contributed by atoms with Gasteiger partial charge in [-0.05, 0) is 44.2 Å². The highest BCUT2D eigenvalue weighted by Gasteiger charge is 2.46. The Bertz CT molecular complexity index is 786. The molecule has 2 fully saturated rings. The summed E-state index contributed by atoms with van der Waals surface area (Å²) in [7, 11) is 2.07. The minimum Gasteiger partial charge on any atom is -0.371 e. The van der Waals surface area contributed by atoms with Crippen LogP contribution in [0.2, 0.25) is 5.02 Å². The summed E-state index contributed by atoms with van der Waals surface area (Å²) in [6.45, 7) is 3.36. The zero-order chi connectivity index (χ0) is 16.7. The summed E-state index contributed by atoms with van der Waals surface area (Å²) >= 11 is 6.18. The van der Waals surface area contributed by atoms with E-state index in [0.29, 0.717) is 0 Å². The molecule has 3 heterocycles. The number of halogens is 1. The number of fused-ring (bicyclic) bond motifs is 1. The standard InChI is InChI=1S/C18H21ClN4O/c1-22-11-8-21-17(24)18(22)5-9-23(10-6-18)16-4-7-20-15-3-2-13(19)12-14(15)16/h2-4,7,12H,5-6,8-11H2,1H3,(H,21,24). The van der Waals surface area contributed by atoms with Crippen molar-refractivity contribution < 1.29 is 4.79 Å². The van der Waals surface area contributed by atoms with Gasteiger partial charge in [-0.2, -0.15) is 0 Å². The van der Waals surface area contributed by atoms with Gasteiger partial charge in [-0.1, -0.05) is 11.6 Å². The number of rotatable bonds is 1. The van der Waals surface area contributed by atoms with Gasteiger partial charge in [0, 0.05) is 48.5 Å². The zero-order valence-corrected chi connectivity index (χ0v) is 14.5. The molecule has 1 N–H and O–H groups in total. The number of pyridine rings is 1. The lowest BCUT2D eigenvalue weighted by atomic mass is 9.83. The SMILES string of the molecule is CN1CCNC(=O)C12CCN(c1ccnc3ccc(Cl)cc13)CC2. The van der Waals surface area contributed by atoms with Crippen LogP contribution in [0, 0.1) is 0 Å². The summed E-state index contributed by atoms with van der Waals surface area (Å²) < 4.78 is 0. The van der Waals surface area contributed by atoms with Crippen molar-refractivity contribution in [3.8, 4) is 0 Å². The fourth-order valence-corrected chi connectivity index (χ4v) is 4.17. The fraction of sp³-hybridized carbons (Fsp3) is 0.444. The molecule has 2 aliphatic heterocycles. The van der Waals surface area contributed by atoms with Gasteiger partial charge in [0.25, 0.3) is 0 Å². The number of anilines is 1. The quantitative estimate of drug-likeness (QED) is 0.862. The van der Waals surface area contributed by atoms with Gasteiger partial charge in [0.2, 0.25) is 5.91 Å². The third-order valence-electron chi connectivity index (χ3n) is 5.50. The molecule has 1 aromatic carbocycles. The molecule has 4 rings (SSSR count).